The van der Waals surface area contributed by atoms with Crippen LogP contribution in [-0.2, 0) is 11.3 Å². The van der Waals surface area contributed by atoms with E-state index in [4.69, 9.17) is 11.6 Å². The largest absolute Gasteiger partial charge is 0.307 e. The number of nitrogens with one attached hydrogen (secondary N) is 1. The summed E-state index contributed by atoms with van der Waals surface area (Å²) in [6, 6.07) is 0.557. The second-order valence-electron chi connectivity index (χ2n) is 6.54. The SMILES string of the molecule is Cc1nn(C(C)C(=O)Nc2ccn(Cc3c(F)c(F)c(F)c(F)c3F)n2)c(C)c1Cl. The van der Waals surface area contributed by atoms with E-state index in [2.05, 4.69) is 15.5 Å². The van der Waals surface area contributed by atoms with E-state index in [1.54, 1.807) is 20.8 Å². The first kappa shape index (κ1) is 21.8. The maximum atomic E-state index is 13.8. The van der Waals surface area contributed by atoms with Crippen molar-refractivity contribution in [2.24, 2.45) is 0 Å². The molecule has 0 aliphatic heterocycles. The Hall–Kier alpha value is -2.95. The molecule has 12 heteroatoms. The minimum atomic E-state index is -2.24. The quantitative estimate of drug-likeness (QED) is 0.360. The highest BCUT2D eigenvalue weighted by Crippen LogP contribution is 2.25. The van der Waals surface area contributed by atoms with E-state index in [0.717, 1.165) is 4.68 Å². The molecule has 1 aromatic carbocycles. The number of anilines is 1. The van der Waals surface area contributed by atoms with Gasteiger partial charge in [-0.25, -0.2) is 22.0 Å². The van der Waals surface area contributed by atoms with Crippen LogP contribution in [0.5, 0.6) is 0 Å². The third-order valence-electron chi connectivity index (χ3n) is 4.50. The Bertz CT molecular complexity index is 1110. The number of hydrogen-bond acceptors (Lipinski definition) is 3. The molecular formula is C18H15ClF5N5O. The van der Waals surface area contributed by atoms with Crippen molar-refractivity contribution in [1.82, 2.24) is 19.6 Å². The molecule has 0 bridgehead atoms. The first-order valence-electron chi connectivity index (χ1n) is 8.58. The Morgan fingerprint density at radius 2 is 1.63 bits per heavy atom. The second kappa shape index (κ2) is 8.05. The van der Waals surface area contributed by atoms with Gasteiger partial charge in [-0.15, -0.1) is 0 Å². The van der Waals surface area contributed by atoms with Crippen molar-refractivity contribution in [2.75, 3.05) is 5.32 Å². The molecule has 1 amide bonds. The molecular weight excluding hydrogens is 433 g/mol. The van der Waals surface area contributed by atoms with Crippen LogP contribution in [0.4, 0.5) is 27.8 Å². The van der Waals surface area contributed by atoms with Gasteiger partial charge < -0.3 is 5.32 Å². The number of halogens is 6. The molecule has 0 aliphatic rings. The summed E-state index contributed by atoms with van der Waals surface area (Å²) >= 11 is 6.08. The Kier molecular flexibility index (Phi) is 5.84. The molecule has 0 fully saturated rings. The highest BCUT2D eigenvalue weighted by Gasteiger charge is 2.26. The molecule has 0 radical (unpaired) electrons. The summed E-state index contributed by atoms with van der Waals surface area (Å²) in [5.41, 5.74) is 0.104. The summed E-state index contributed by atoms with van der Waals surface area (Å²) in [7, 11) is 0. The molecule has 3 rings (SSSR count). The van der Waals surface area contributed by atoms with Crippen molar-refractivity contribution in [3.63, 3.8) is 0 Å². The zero-order chi connectivity index (χ0) is 22.3. The Balaban J connectivity index is 1.78. The number of nitrogens with zero attached hydrogens (tertiary/aromatic N) is 4. The van der Waals surface area contributed by atoms with Gasteiger partial charge in [-0.1, -0.05) is 11.6 Å². The van der Waals surface area contributed by atoms with Crippen molar-refractivity contribution >= 4 is 23.3 Å². The lowest BCUT2D eigenvalue weighted by Crippen LogP contribution is -2.25. The van der Waals surface area contributed by atoms with Gasteiger partial charge in [0.2, 0.25) is 11.7 Å². The van der Waals surface area contributed by atoms with Crippen molar-refractivity contribution in [3.05, 3.63) is 63.3 Å². The van der Waals surface area contributed by atoms with Crippen LogP contribution in [-0.4, -0.2) is 25.5 Å². The van der Waals surface area contributed by atoms with Crippen LogP contribution in [0.25, 0.3) is 0 Å². The van der Waals surface area contributed by atoms with E-state index in [0.29, 0.717) is 16.4 Å². The van der Waals surface area contributed by atoms with Gasteiger partial charge >= 0.3 is 0 Å². The van der Waals surface area contributed by atoms with Crippen LogP contribution in [0.15, 0.2) is 12.3 Å². The number of hydrogen-bond donors (Lipinski definition) is 1. The highest BCUT2D eigenvalue weighted by atomic mass is 35.5. The van der Waals surface area contributed by atoms with Gasteiger partial charge in [-0.05, 0) is 20.8 Å². The van der Waals surface area contributed by atoms with Crippen LogP contribution < -0.4 is 5.32 Å². The maximum Gasteiger partial charge on any atom is 0.250 e. The van der Waals surface area contributed by atoms with Gasteiger partial charge in [-0.3, -0.25) is 14.2 Å². The minimum absolute atomic E-state index is 0.0170. The van der Waals surface area contributed by atoms with E-state index < -0.39 is 53.1 Å². The summed E-state index contributed by atoms with van der Waals surface area (Å²) in [5, 5.41) is 11.0. The third-order valence-corrected chi connectivity index (χ3v) is 5.04. The van der Waals surface area contributed by atoms with E-state index >= 15 is 0 Å². The summed E-state index contributed by atoms with van der Waals surface area (Å²) in [4.78, 5) is 12.5. The van der Waals surface area contributed by atoms with Gasteiger partial charge in [0.1, 0.15) is 6.04 Å². The lowest BCUT2D eigenvalue weighted by molar-refractivity contribution is -0.119. The van der Waals surface area contributed by atoms with Gasteiger partial charge in [0, 0.05) is 12.3 Å². The predicted octanol–water partition coefficient (Wildman–Crippen LogP) is 4.29. The maximum absolute atomic E-state index is 13.8. The number of carbonyl (C=O) groups excluding carboxylic acids is 1. The van der Waals surface area contributed by atoms with E-state index in [1.807, 2.05) is 0 Å². The molecule has 6 nitrogen and oxygen atoms in total. The molecule has 2 aromatic heterocycles. The van der Waals surface area contributed by atoms with E-state index in [1.165, 1.54) is 16.9 Å². The smallest absolute Gasteiger partial charge is 0.250 e. The Morgan fingerprint density at radius 1 is 1.07 bits per heavy atom. The molecule has 1 unspecified atom stereocenters. The van der Waals surface area contributed by atoms with Gasteiger partial charge in [0.05, 0.1) is 28.5 Å². The van der Waals surface area contributed by atoms with Crippen LogP contribution in [0, 0.1) is 42.9 Å². The number of amides is 1. The van der Waals surface area contributed by atoms with Crippen LogP contribution in [0.2, 0.25) is 5.02 Å². The zero-order valence-corrected chi connectivity index (χ0v) is 16.7. The molecule has 1 atom stereocenters. The molecule has 2 heterocycles. The van der Waals surface area contributed by atoms with Crippen molar-refractivity contribution < 1.29 is 26.7 Å². The third kappa shape index (κ3) is 3.76. The molecule has 0 spiro atoms. The molecule has 30 heavy (non-hydrogen) atoms. The molecule has 0 saturated carbocycles. The molecule has 1 N–H and O–H groups in total. The predicted molar refractivity (Wildman–Crippen MR) is 97.6 cm³/mol. The van der Waals surface area contributed by atoms with Crippen molar-refractivity contribution in [2.45, 2.75) is 33.4 Å². The van der Waals surface area contributed by atoms with E-state index in [-0.39, 0.29) is 5.82 Å². The second-order valence-corrected chi connectivity index (χ2v) is 6.92. The lowest BCUT2D eigenvalue weighted by Gasteiger charge is -2.13. The number of carbonyl (C=O) groups is 1. The number of benzene rings is 1. The highest BCUT2D eigenvalue weighted by molar-refractivity contribution is 6.31. The summed E-state index contributed by atoms with van der Waals surface area (Å²) in [5.74, 6) is -10.7. The monoisotopic (exact) mass is 447 g/mol. The van der Waals surface area contributed by atoms with Gasteiger partial charge in [0.25, 0.3) is 0 Å². The summed E-state index contributed by atoms with van der Waals surface area (Å²) in [6.07, 6.45) is 1.22. The standard InChI is InChI=1S/C18H15ClF5N5O/c1-7-12(19)8(2)29(26-7)9(3)18(30)25-11-4-5-28(27-11)6-10-13(20)15(22)17(24)16(23)14(10)21/h4-5,9H,6H2,1-3H3,(H,25,27,30). The fourth-order valence-corrected chi connectivity index (χ4v) is 2.95. The molecule has 160 valence electrons. The Labute approximate surface area is 172 Å². The number of rotatable bonds is 5. The van der Waals surface area contributed by atoms with Crippen LogP contribution in [0.1, 0.15) is 29.9 Å². The van der Waals surface area contributed by atoms with E-state index in [9.17, 15) is 26.7 Å². The average Bonchev–Trinajstić information content (AvgIpc) is 3.26. The first-order chi connectivity index (χ1) is 14.0. The van der Waals surface area contributed by atoms with Crippen molar-refractivity contribution in [3.8, 4) is 0 Å². The summed E-state index contributed by atoms with van der Waals surface area (Å²) < 4.78 is 69.8. The number of aryl methyl sites for hydroxylation is 1. The van der Waals surface area contributed by atoms with Gasteiger partial charge in [-0.2, -0.15) is 10.2 Å². The first-order valence-corrected chi connectivity index (χ1v) is 8.96. The average molecular weight is 448 g/mol. The van der Waals surface area contributed by atoms with Gasteiger partial charge in [0.15, 0.2) is 29.1 Å². The fraction of sp³-hybridized carbons (Fsp3) is 0.278. The van der Waals surface area contributed by atoms with Crippen molar-refractivity contribution in [1.29, 1.82) is 0 Å². The van der Waals surface area contributed by atoms with Crippen LogP contribution >= 0.6 is 11.6 Å². The molecule has 3 aromatic rings. The zero-order valence-electron chi connectivity index (χ0n) is 15.9. The molecule has 0 saturated heterocycles. The number of aromatic nitrogens is 4. The normalized spacial score (nSPS) is 12.3. The van der Waals surface area contributed by atoms with Crippen LogP contribution in [0.3, 0.4) is 0 Å². The summed E-state index contributed by atoms with van der Waals surface area (Å²) in [6.45, 7) is 4.24. The lowest BCUT2D eigenvalue weighted by atomic mass is 10.1. The fourth-order valence-electron chi connectivity index (χ4n) is 2.83. The topological polar surface area (TPSA) is 64.7 Å². The Morgan fingerprint density at radius 3 is 2.17 bits per heavy atom. The minimum Gasteiger partial charge on any atom is -0.307 e. The molecule has 0 aliphatic carbocycles.